The molecule has 0 aromatic heterocycles. The quantitative estimate of drug-likeness (QED) is 0.642. The topological polar surface area (TPSA) is 41.3 Å². The summed E-state index contributed by atoms with van der Waals surface area (Å²) >= 11 is 2.34. The maximum absolute atomic E-state index is 5.76. The summed E-state index contributed by atoms with van der Waals surface area (Å²) in [5.74, 6) is 0.807. The Kier molecular flexibility index (Phi) is 5.12. The van der Waals surface area contributed by atoms with Crippen LogP contribution >= 0.6 is 22.6 Å². The lowest BCUT2D eigenvalue weighted by Gasteiger charge is -2.31. The fourth-order valence-electron chi connectivity index (χ4n) is 2.44. The number of halogens is 1. The largest absolute Gasteiger partial charge is 0.399 e. The van der Waals surface area contributed by atoms with Crippen molar-refractivity contribution in [1.82, 2.24) is 4.90 Å². The van der Waals surface area contributed by atoms with Crippen LogP contribution in [0.2, 0.25) is 0 Å². The van der Waals surface area contributed by atoms with Gasteiger partial charge in [0, 0.05) is 21.5 Å². The number of hydrogen-bond acceptors (Lipinski definition) is 3. The lowest BCUT2D eigenvalue weighted by Crippen LogP contribution is -2.35. The van der Waals surface area contributed by atoms with Crippen LogP contribution in [0.1, 0.15) is 19.8 Å². The van der Waals surface area contributed by atoms with Gasteiger partial charge in [-0.3, -0.25) is 0 Å². The number of benzene rings is 1. The Morgan fingerprint density at radius 3 is 2.72 bits per heavy atom. The van der Waals surface area contributed by atoms with Crippen LogP contribution in [0.5, 0.6) is 0 Å². The van der Waals surface area contributed by atoms with Gasteiger partial charge in [-0.2, -0.15) is 0 Å². The third-order valence-electron chi connectivity index (χ3n) is 3.73. The molecule has 0 atom stereocenters. The van der Waals surface area contributed by atoms with E-state index in [9.17, 15) is 0 Å². The van der Waals surface area contributed by atoms with Crippen LogP contribution in [-0.4, -0.2) is 31.1 Å². The molecule has 1 aliphatic heterocycles. The van der Waals surface area contributed by atoms with Gasteiger partial charge in [0.1, 0.15) is 0 Å². The zero-order valence-corrected chi connectivity index (χ0v) is 13.1. The second kappa shape index (κ2) is 6.61. The highest BCUT2D eigenvalue weighted by Gasteiger charge is 2.17. The standard InChI is InChI=1S/C14H22IN3/c1-2-18-7-5-11(6-8-18)10-17-14-4-3-12(16)9-13(14)15/h3-4,9,11,17H,2,5-8,10,16H2,1H3. The molecule has 3 N–H and O–H groups in total. The zero-order valence-electron chi connectivity index (χ0n) is 11.0. The van der Waals surface area contributed by atoms with Crippen LogP contribution in [0, 0.1) is 9.49 Å². The van der Waals surface area contributed by atoms with Gasteiger partial charge in [-0.1, -0.05) is 6.92 Å². The van der Waals surface area contributed by atoms with Gasteiger partial charge in [-0.25, -0.2) is 0 Å². The molecule has 0 saturated carbocycles. The number of anilines is 2. The summed E-state index contributed by atoms with van der Waals surface area (Å²) in [6, 6.07) is 6.06. The average Bonchev–Trinajstić information content (AvgIpc) is 2.38. The van der Waals surface area contributed by atoms with E-state index < -0.39 is 0 Å². The second-order valence-corrected chi connectivity index (χ2v) is 6.16. The van der Waals surface area contributed by atoms with Gasteiger partial charge in [0.15, 0.2) is 0 Å². The van der Waals surface area contributed by atoms with Gasteiger partial charge in [-0.05, 0) is 79.2 Å². The molecule has 0 bridgehead atoms. The first-order chi connectivity index (χ1) is 8.69. The molecule has 0 spiro atoms. The summed E-state index contributed by atoms with van der Waals surface area (Å²) in [5.41, 5.74) is 7.80. The molecule has 0 unspecified atom stereocenters. The molecule has 0 aliphatic carbocycles. The minimum atomic E-state index is 0.807. The molecule has 3 nitrogen and oxygen atoms in total. The van der Waals surface area contributed by atoms with Gasteiger partial charge in [0.05, 0.1) is 0 Å². The van der Waals surface area contributed by atoms with Crippen molar-refractivity contribution in [3.05, 3.63) is 21.8 Å². The molecular formula is C14H22IN3. The normalized spacial score (nSPS) is 17.9. The molecule has 4 heteroatoms. The molecular weight excluding hydrogens is 337 g/mol. The van der Waals surface area contributed by atoms with E-state index in [1.807, 2.05) is 12.1 Å². The van der Waals surface area contributed by atoms with Gasteiger partial charge >= 0.3 is 0 Å². The van der Waals surface area contributed by atoms with Crippen molar-refractivity contribution in [3.8, 4) is 0 Å². The summed E-state index contributed by atoms with van der Waals surface area (Å²) < 4.78 is 1.21. The predicted octanol–water partition coefficient (Wildman–Crippen LogP) is 3.02. The highest BCUT2D eigenvalue weighted by molar-refractivity contribution is 14.1. The van der Waals surface area contributed by atoms with Crippen LogP contribution in [0.3, 0.4) is 0 Å². The van der Waals surface area contributed by atoms with Crippen molar-refractivity contribution in [2.24, 2.45) is 5.92 Å². The molecule has 1 aliphatic rings. The van der Waals surface area contributed by atoms with Crippen molar-refractivity contribution in [2.75, 3.05) is 37.2 Å². The lowest BCUT2D eigenvalue weighted by molar-refractivity contribution is 0.198. The Balaban J connectivity index is 1.81. The van der Waals surface area contributed by atoms with Gasteiger partial charge in [0.25, 0.3) is 0 Å². The smallest absolute Gasteiger partial charge is 0.0477 e. The minimum Gasteiger partial charge on any atom is -0.399 e. The summed E-state index contributed by atoms with van der Waals surface area (Å²) in [5, 5.41) is 3.56. The first-order valence-corrected chi connectivity index (χ1v) is 7.78. The SMILES string of the molecule is CCN1CCC(CNc2ccc(N)cc2I)CC1. The fourth-order valence-corrected chi connectivity index (χ4v) is 3.17. The molecule has 100 valence electrons. The summed E-state index contributed by atoms with van der Waals surface area (Å²) in [6.45, 7) is 7.02. The zero-order chi connectivity index (χ0) is 13.0. The van der Waals surface area contributed by atoms with E-state index in [2.05, 4.69) is 45.8 Å². The van der Waals surface area contributed by atoms with Crippen molar-refractivity contribution in [2.45, 2.75) is 19.8 Å². The van der Waals surface area contributed by atoms with Crippen LogP contribution in [-0.2, 0) is 0 Å². The van der Waals surface area contributed by atoms with Crippen molar-refractivity contribution in [3.63, 3.8) is 0 Å². The first-order valence-electron chi connectivity index (χ1n) is 6.70. The molecule has 1 aromatic rings. The molecule has 0 amide bonds. The number of likely N-dealkylation sites (tertiary alicyclic amines) is 1. The van der Waals surface area contributed by atoms with Crippen molar-refractivity contribution in [1.29, 1.82) is 0 Å². The van der Waals surface area contributed by atoms with Crippen LogP contribution in [0.15, 0.2) is 18.2 Å². The van der Waals surface area contributed by atoms with Crippen LogP contribution < -0.4 is 11.1 Å². The summed E-state index contributed by atoms with van der Waals surface area (Å²) in [7, 11) is 0. The molecule has 1 aromatic carbocycles. The molecule has 18 heavy (non-hydrogen) atoms. The molecule has 2 rings (SSSR count). The van der Waals surface area contributed by atoms with Crippen molar-refractivity contribution >= 4 is 34.0 Å². The Labute approximate surface area is 123 Å². The Hall–Kier alpha value is -0.490. The number of rotatable bonds is 4. The van der Waals surface area contributed by atoms with Gasteiger partial charge in [0.2, 0.25) is 0 Å². The summed E-state index contributed by atoms with van der Waals surface area (Å²) in [4.78, 5) is 2.53. The fraction of sp³-hybridized carbons (Fsp3) is 0.571. The monoisotopic (exact) mass is 359 g/mol. The number of nitrogens with one attached hydrogen (secondary N) is 1. The number of piperidine rings is 1. The lowest BCUT2D eigenvalue weighted by atomic mass is 9.97. The Bertz CT molecular complexity index is 387. The van der Waals surface area contributed by atoms with Crippen LogP contribution in [0.4, 0.5) is 11.4 Å². The van der Waals surface area contributed by atoms with E-state index in [0.29, 0.717) is 0 Å². The maximum atomic E-state index is 5.76. The predicted molar refractivity (Wildman–Crippen MR) is 86.9 cm³/mol. The number of nitrogens with two attached hydrogens (primary N) is 1. The molecule has 1 heterocycles. The van der Waals surface area contributed by atoms with E-state index in [0.717, 1.165) is 18.2 Å². The maximum Gasteiger partial charge on any atom is 0.0477 e. The minimum absolute atomic E-state index is 0.807. The van der Waals surface area contributed by atoms with E-state index in [1.165, 1.54) is 41.7 Å². The van der Waals surface area contributed by atoms with Gasteiger partial charge in [-0.15, -0.1) is 0 Å². The highest BCUT2D eigenvalue weighted by Crippen LogP contribution is 2.23. The van der Waals surface area contributed by atoms with Gasteiger partial charge < -0.3 is 16.0 Å². The number of nitrogens with zero attached hydrogens (tertiary/aromatic N) is 1. The van der Waals surface area contributed by atoms with Crippen molar-refractivity contribution < 1.29 is 0 Å². The third-order valence-corrected chi connectivity index (χ3v) is 4.62. The van der Waals surface area contributed by atoms with E-state index >= 15 is 0 Å². The van der Waals surface area contributed by atoms with E-state index in [4.69, 9.17) is 5.73 Å². The Morgan fingerprint density at radius 2 is 2.11 bits per heavy atom. The average molecular weight is 359 g/mol. The van der Waals surface area contributed by atoms with E-state index in [-0.39, 0.29) is 0 Å². The van der Waals surface area contributed by atoms with E-state index in [1.54, 1.807) is 0 Å². The molecule has 0 radical (unpaired) electrons. The molecule has 1 saturated heterocycles. The summed E-state index contributed by atoms with van der Waals surface area (Å²) in [6.07, 6.45) is 2.62. The number of hydrogen-bond donors (Lipinski definition) is 2. The Morgan fingerprint density at radius 1 is 1.39 bits per heavy atom. The third kappa shape index (κ3) is 3.75. The molecule has 1 fully saturated rings. The highest BCUT2D eigenvalue weighted by atomic mass is 127. The van der Waals surface area contributed by atoms with Crippen LogP contribution in [0.25, 0.3) is 0 Å². The first kappa shape index (κ1) is 13.9. The second-order valence-electron chi connectivity index (χ2n) is 5.00. The number of nitrogen functional groups attached to an aromatic ring is 1.